The van der Waals surface area contributed by atoms with Crippen LogP contribution in [0.1, 0.15) is 62.0 Å². The molecule has 5 nitrogen and oxygen atoms in total. The van der Waals surface area contributed by atoms with E-state index in [2.05, 4.69) is 0 Å². The number of carboxylic acid groups (broad SMARTS) is 1. The van der Waals surface area contributed by atoms with Crippen LogP contribution in [0.15, 0.2) is 48.5 Å². The van der Waals surface area contributed by atoms with Crippen LogP contribution in [0.5, 0.6) is 11.5 Å². The van der Waals surface area contributed by atoms with Crippen LogP contribution in [0.2, 0.25) is 0 Å². The zero-order valence-electron chi connectivity index (χ0n) is 22.9. The Labute approximate surface area is 227 Å². The van der Waals surface area contributed by atoms with Gasteiger partial charge in [0.1, 0.15) is 18.2 Å². The first-order valence-electron chi connectivity index (χ1n) is 13.2. The number of carboxylic acids is 1. The Bertz CT molecular complexity index is 1430. The molecule has 0 saturated heterocycles. The molecule has 1 spiro atoms. The fourth-order valence-corrected chi connectivity index (χ4v) is 6.23. The molecule has 1 fully saturated rings. The highest BCUT2D eigenvalue weighted by Crippen LogP contribution is 2.62. The van der Waals surface area contributed by atoms with E-state index >= 15 is 8.78 Å². The number of carbonyl (C=O) groups is 1. The minimum atomic E-state index is -0.875. The minimum absolute atomic E-state index is 0.0829. The second-order valence-corrected chi connectivity index (χ2v) is 11.7. The summed E-state index contributed by atoms with van der Waals surface area (Å²) in [6.45, 7) is 6.23. The molecule has 1 saturated carbocycles. The normalized spacial score (nSPS) is 20.5. The number of halogens is 2. The van der Waals surface area contributed by atoms with Crippen LogP contribution in [-0.4, -0.2) is 25.3 Å². The van der Waals surface area contributed by atoms with E-state index in [1.165, 1.54) is 13.2 Å². The van der Waals surface area contributed by atoms with Gasteiger partial charge < -0.3 is 19.3 Å². The first kappa shape index (κ1) is 27.1. The summed E-state index contributed by atoms with van der Waals surface area (Å²) in [7, 11) is 3.17. The van der Waals surface area contributed by atoms with Crippen LogP contribution in [0.4, 0.5) is 8.78 Å². The van der Waals surface area contributed by atoms with Gasteiger partial charge in [-0.2, -0.15) is 0 Å². The van der Waals surface area contributed by atoms with Gasteiger partial charge in [0.05, 0.1) is 19.1 Å². The van der Waals surface area contributed by atoms with Crippen LogP contribution < -0.4 is 9.47 Å². The number of hydrogen-bond donors (Lipinski definition) is 1. The summed E-state index contributed by atoms with van der Waals surface area (Å²) in [5.74, 6) is -1.61. The highest BCUT2D eigenvalue weighted by atomic mass is 19.1. The van der Waals surface area contributed by atoms with Crippen molar-refractivity contribution in [3.05, 3.63) is 82.4 Å². The van der Waals surface area contributed by atoms with E-state index in [1.807, 2.05) is 45.0 Å². The first-order valence-corrected chi connectivity index (χ1v) is 13.2. The Morgan fingerprint density at radius 1 is 1.08 bits per heavy atom. The molecule has 0 unspecified atom stereocenters. The molecule has 0 bridgehead atoms. The summed E-state index contributed by atoms with van der Waals surface area (Å²) in [4.78, 5) is 11.6. The fourth-order valence-electron chi connectivity index (χ4n) is 6.23. The molecule has 3 atom stereocenters. The molecule has 0 amide bonds. The Morgan fingerprint density at radius 3 is 2.49 bits per heavy atom. The van der Waals surface area contributed by atoms with E-state index in [-0.39, 0.29) is 29.7 Å². The lowest BCUT2D eigenvalue weighted by Gasteiger charge is -2.32. The Hall–Kier alpha value is -3.45. The maximum atomic E-state index is 15.7. The monoisotopic (exact) mass is 536 g/mol. The van der Waals surface area contributed by atoms with Gasteiger partial charge in [-0.3, -0.25) is 4.79 Å². The number of aliphatic carboxylic acids is 1. The van der Waals surface area contributed by atoms with E-state index in [4.69, 9.17) is 14.2 Å². The lowest BCUT2D eigenvalue weighted by Crippen LogP contribution is -2.21. The number of hydrogen-bond acceptors (Lipinski definition) is 4. The quantitative estimate of drug-likeness (QED) is 0.329. The van der Waals surface area contributed by atoms with Crippen molar-refractivity contribution in [3.8, 4) is 22.6 Å². The maximum absolute atomic E-state index is 15.7. The average molecular weight is 537 g/mol. The summed E-state index contributed by atoms with van der Waals surface area (Å²) >= 11 is 0. The SMILES string of the molecule is COc1ccc(F)c(-c2ccc(COc3ccc4c(c3F)[C@]3(CC4)C[C@H]3C(=O)O)cc2[C@H](OC)C(C)(C)C)c1. The second-order valence-electron chi connectivity index (χ2n) is 11.7. The third-order valence-corrected chi connectivity index (χ3v) is 8.18. The predicted octanol–water partition coefficient (Wildman–Crippen LogP) is 7.24. The lowest BCUT2D eigenvalue weighted by molar-refractivity contribution is -0.139. The summed E-state index contributed by atoms with van der Waals surface area (Å²) in [6, 6.07) is 13.7. The van der Waals surface area contributed by atoms with Crippen LogP contribution in [0, 0.1) is 23.0 Å². The Balaban J connectivity index is 1.48. The number of fused-ring (bicyclic) bond motifs is 2. The third kappa shape index (κ3) is 4.78. The van der Waals surface area contributed by atoms with E-state index in [9.17, 15) is 9.90 Å². The number of aryl methyl sites for hydroxylation is 1. The molecule has 39 heavy (non-hydrogen) atoms. The molecule has 7 heteroatoms. The molecule has 2 aliphatic rings. The maximum Gasteiger partial charge on any atom is 0.307 e. The van der Waals surface area contributed by atoms with Crippen molar-refractivity contribution >= 4 is 5.97 Å². The first-order chi connectivity index (χ1) is 18.5. The van der Waals surface area contributed by atoms with Crippen molar-refractivity contribution in [1.29, 1.82) is 0 Å². The van der Waals surface area contributed by atoms with Crippen molar-refractivity contribution in [2.24, 2.45) is 11.3 Å². The lowest BCUT2D eigenvalue weighted by atomic mass is 9.81. The molecular weight excluding hydrogens is 502 g/mol. The summed E-state index contributed by atoms with van der Waals surface area (Å²) < 4.78 is 47.9. The smallest absolute Gasteiger partial charge is 0.307 e. The third-order valence-electron chi connectivity index (χ3n) is 8.18. The Morgan fingerprint density at radius 2 is 1.85 bits per heavy atom. The zero-order valence-corrected chi connectivity index (χ0v) is 22.9. The van der Waals surface area contributed by atoms with Crippen molar-refractivity contribution in [2.45, 2.75) is 58.2 Å². The number of methoxy groups -OCH3 is 2. The highest BCUT2D eigenvalue weighted by Gasteiger charge is 2.63. The molecule has 0 aromatic heterocycles. The molecule has 2 aliphatic carbocycles. The minimum Gasteiger partial charge on any atom is -0.497 e. The van der Waals surface area contributed by atoms with E-state index < -0.39 is 23.1 Å². The molecule has 0 aliphatic heterocycles. The fraction of sp³-hybridized carbons (Fsp3) is 0.406. The van der Waals surface area contributed by atoms with Crippen molar-refractivity contribution in [3.63, 3.8) is 0 Å². The van der Waals surface area contributed by atoms with E-state index in [0.29, 0.717) is 41.7 Å². The molecule has 3 aromatic carbocycles. The molecule has 0 heterocycles. The van der Waals surface area contributed by atoms with Crippen molar-refractivity contribution in [2.75, 3.05) is 14.2 Å². The molecule has 206 valence electrons. The van der Waals surface area contributed by atoms with Gasteiger partial charge in [0.2, 0.25) is 0 Å². The van der Waals surface area contributed by atoms with Crippen LogP contribution >= 0.6 is 0 Å². The van der Waals surface area contributed by atoms with Gasteiger partial charge in [-0.15, -0.1) is 0 Å². The summed E-state index contributed by atoms with van der Waals surface area (Å²) in [5.41, 5.74) is 3.09. The average Bonchev–Trinajstić information content (AvgIpc) is 3.50. The molecular formula is C32H34F2O5. The van der Waals surface area contributed by atoms with Gasteiger partial charge in [-0.1, -0.05) is 39.0 Å². The molecule has 5 rings (SSSR count). The van der Waals surface area contributed by atoms with Gasteiger partial charge in [0.25, 0.3) is 0 Å². The molecule has 1 N–H and O–H groups in total. The number of ether oxygens (including phenoxy) is 3. The summed E-state index contributed by atoms with van der Waals surface area (Å²) in [5, 5.41) is 9.52. The largest absolute Gasteiger partial charge is 0.497 e. The second kappa shape index (κ2) is 9.94. The van der Waals surface area contributed by atoms with E-state index in [1.54, 1.807) is 25.3 Å². The van der Waals surface area contributed by atoms with Crippen LogP contribution in [-0.2, 0) is 28.0 Å². The standard InChI is InChI=1S/C32H34F2O5/c1-31(2,3)29(38-5)23-14-18(6-9-21(23)22-15-20(37-4)8-10-25(22)33)17-39-26-11-7-19-12-13-32(27(19)28(26)34)16-24(32)30(35)36/h6-11,14-15,24,29H,12-13,16-17H2,1-5H3,(H,35,36)/t24-,29-,32+/m0/s1. The van der Waals surface area contributed by atoms with Gasteiger partial charge in [-0.05, 0) is 77.3 Å². The Kier molecular flexibility index (Phi) is 6.91. The van der Waals surface area contributed by atoms with Gasteiger partial charge in [-0.25, -0.2) is 8.78 Å². The van der Waals surface area contributed by atoms with Crippen LogP contribution in [0.25, 0.3) is 11.1 Å². The van der Waals surface area contributed by atoms with Crippen molar-refractivity contribution in [1.82, 2.24) is 0 Å². The van der Waals surface area contributed by atoms with Gasteiger partial charge >= 0.3 is 5.97 Å². The zero-order chi connectivity index (χ0) is 28.1. The highest BCUT2D eigenvalue weighted by molar-refractivity contribution is 5.78. The molecule has 3 aromatic rings. The number of benzene rings is 3. The predicted molar refractivity (Wildman–Crippen MR) is 144 cm³/mol. The summed E-state index contributed by atoms with van der Waals surface area (Å²) in [6.07, 6.45) is 1.42. The topological polar surface area (TPSA) is 65.0 Å². The number of rotatable bonds is 8. The van der Waals surface area contributed by atoms with Crippen molar-refractivity contribution < 1.29 is 32.9 Å². The van der Waals surface area contributed by atoms with Crippen LogP contribution in [0.3, 0.4) is 0 Å². The van der Waals surface area contributed by atoms with E-state index in [0.717, 1.165) is 16.7 Å². The molecule has 0 radical (unpaired) electrons. The van der Waals surface area contributed by atoms with Gasteiger partial charge in [0, 0.05) is 23.7 Å². The van der Waals surface area contributed by atoms with Gasteiger partial charge in [0.15, 0.2) is 11.6 Å².